The second-order valence-electron chi connectivity index (χ2n) is 6.64. The molecule has 7 nitrogen and oxygen atoms in total. The number of hydrogen-bond donors (Lipinski definition) is 0. The molecule has 26 heavy (non-hydrogen) atoms. The van der Waals surface area contributed by atoms with Gasteiger partial charge in [0.05, 0.1) is 11.1 Å². The molecule has 0 N–H and O–H groups in total. The van der Waals surface area contributed by atoms with E-state index in [1.807, 2.05) is 0 Å². The molecule has 0 aliphatic carbocycles. The van der Waals surface area contributed by atoms with Gasteiger partial charge in [0.15, 0.2) is 0 Å². The first-order chi connectivity index (χ1) is 12.3. The molecule has 138 valence electrons. The minimum absolute atomic E-state index is 0.0682. The van der Waals surface area contributed by atoms with Gasteiger partial charge >= 0.3 is 0 Å². The fourth-order valence-electron chi connectivity index (χ4n) is 3.29. The van der Waals surface area contributed by atoms with Crippen LogP contribution in [0.3, 0.4) is 0 Å². The molecular formula is C18H20ClN3O4. The van der Waals surface area contributed by atoms with Crippen molar-refractivity contribution in [1.29, 1.82) is 0 Å². The number of rotatable bonds is 3. The highest BCUT2D eigenvalue weighted by atomic mass is 35.5. The van der Waals surface area contributed by atoms with E-state index in [9.17, 15) is 19.2 Å². The third kappa shape index (κ3) is 3.07. The lowest BCUT2D eigenvalue weighted by atomic mass is 10.0. The van der Waals surface area contributed by atoms with Crippen LogP contribution in [0, 0.1) is 0 Å². The van der Waals surface area contributed by atoms with E-state index in [1.165, 1.54) is 11.0 Å². The first kappa shape index (κ1) is 18.4. The van der Waals surface area contributed by atoms with Gasteiger partial charge in [-0.3, -0.25) is 24.1 Å². The fraction of sp³-hybridized carbons (Fsp3) is 0.444. The van der Waals surface area contributed by atoms with Gasteiger partial charge in [0.2, 0.25) is 5.91 Å². The van der Waals surface area contributed by atoms with Gasteiger partial charge < -0.3 is 9.80 Å². The Morgan fingerprint density at radius 2 is 1.58 bits per heavy atom. The molecule has 8 heteroatoms. The number of amides is 4. The molecule has 2 aliphatic heterocycles. The molecule has 2 aliphatic rings. The highest BCUT2D eigenvalue weighted by Crippen LogP contribution is 2.26. The van der Waals surface area contributed by atoms with Crippen LogP contribution in [0.4, 0.5) is 0 Å². The number of piperazine rings is 1. The fourth-order valence-corrected chi connectivity index (χ4v) is 3.46. The first-order valence-corrected chi connectivity index (χ1v) is 9.03. The molecule has 0 spiro atoms. The van der Waals surface area contributed by atoms with Crippen molar-refractivity contribution in [2.24, 2.45) is 0 Å². The van der Waals surface area contributed by atoms with Crippen LogP contribution in [-0.4, -0.2) is 76.4 Å². The lowest BCUT2D eigenvalue weighted by Gasteiger charge is -2.34. The van der Waals surface area contributed by atoms with Crippen LogP contribution in [-0.2, 0) is 4.79 Å². The minimum atomic E-state index is -0.368. The Bertz CT molecular complexity index is 785. The number of carbonyl (C=O) groups excluding carboxylic acids is 4. The summed E-state index contributed by atoms with van der Waals surface area (Å²) < 4.78 is 0. The highest BCUT2D eigenvalue weighted by Gasteiger charge is 2.37. The molecule has 2 heterocycles. The molecular weight excluding hydrogens is 358 g/mol. The Labute approximate surface area is 156 Å². The van der Waals surface area contributed by atoms with Crippen molar-refractivity contribution in [3.63, 3.8) is 0 Å². The summed E-state index contributed by atoms with van der Waals surface area (Å²) in [7, 11) is 0. The summed E-state index contributed by atoms with van der Waals surface area (Å²) in [6, 6.07) is 4.37. The van der Waals surface area contributed by atoms with Gasteiger partial charge in [-0.2, -0.15) is 0 Å². The van der Waals surface area contributed by atoms with Gasteiger partial charge in [-0.1, -0.05) is 0 Å². The van der Waals surface area contributed by atoms with Crippen LogP contribution >= 0.6 is 11.6 Å². The quantitative estimate of drug-likeness (QED) is 0.586. The molecule has 3 rings (SSSR count). The van der Waals surface area contributed by atoms with E-state index in [1.54, 1.807) is 35.8 Å². The molecule has 1 saturated heterocycles. The standard InChI is InChI=1S/C18H20ClN3O4/c1-11(2)22-17(25)13-4-3-12(9-14(13)18(22)26)16(24)21-7-5-20(6-8-21)15(23)10-19/h3-4,9,11H,5-8,10H2,1-2H3. The Kier molecular flexibility index (Phi) is 5.00. The number of alkyl halides is 1. The maximum Gasteiger partial charge on any atom is 0.261 e. The highest BCUT2D eigenvalue weighted by molar-refractivity contribution is 6.27. The number of hydrogen-bond acceptors (Lipinski definition) is 4. The molecule has 0 saturated carbocycles. The lowest BCUT2D eigenvalue weighted by molar-refractivity contribution is -0.129. The summed E-state index contributed by atoms with van der Waals surface area (Å²) in [5, 5.41) is 0. The van der Waals surface area contributed by atoms with Crippen molar-refractivity contribution in [2.45, 2.75) is 19.9 Å². The van der Waals surface area contributed by atoms with Gasteiger partial charge in [0.25, 0.3) is 17.7 Å². The van der Waals surface area contributed by atoms with E-state index in [0.717, 1.165) is 0 Å². The maximum absolute atomic E-state index is 12.7. The maximum atomic E-state index is 12.7. The average Bonchev–Trinajstić information content (AvgIpc) is 2.90. The second-order valence-corrected chi connectivity index (χ2v) is 6.91. The zero-order valence-electron chi connectivity index (χ0n) is 14.7. The molecule has 1 fully saturated rings. The van der Waals surface area contributed by atoms with Crippen molar-refractivity contribution < 1.29 is 19.2 Å². The van der Waals surface area contributed by atoms with Gasteiger partial charge in [0.1, 0.15) is 5.88 Å². The van der Waals surface area contributed by atoms with Gasteiger partial charge in [-0.05, 0) is 32.0 Å². The number of imide groups is 1. The predicted octanol–water partition coefficient (Wildman–Crippen LogP) is 1.21. The van der Waals surface area contributed by atoms with Crippen LogP contribution in [0.25, 0.3) is 0 Å². The number of nitrogens with zero attached hydrogens (tertiary/aromatic N) is 3. The zero-order chi connectivity index (χ0) is 19.0. The van der Waals surface area contributed by atoms with Crippen molar-refractivity contribution in [1.82, 2.24) is 14.7 Å². The van der Waals surface area contributed by atoms with E-state index in [0.29, 0.717) is 37.3 Å². The molecule has 1 aromatic rings. The van der Waals surface area contributed by atoms with Gasteiger partial charge in [-0.25, -0.2) is 0 Å². The minimum Gasteiger partial charge on any atom is -0.338 e. The number of carbonyl (C=O) groups is 4. The van der Waals surface area contributed by atoms with Gasteiger partial charge in [-0.15, -0.1) is 11.6 Å². The molecule has 4 amide bonds. The Morgan fingerprint density at radius 3 is 2.15 bits per heavy atom. The van der Waals surface area contributed by atoms with Crippen LogP contribution in [0.2, 0.25) is 0 Å². The summed E-state index contributed by atoms with van der Waals surface area (Å²) >= 11 is 5.56. The summed E-state index contributed by atoms with van der Waals surface area (Å²) in [6.45, 7) is 5.22. The molecule has 0 aromatic heterocycles. The van der Waals surface area contributed by atoms with E-state index in [2.05, 4.69) is 0 Å². The van der Waals surface area contributed by atoms with Crippen LogP contribution < -0.4 is 0 Å². The third-order valence-electron chi connectivity index (χ3n) is 4.72. The smallest absolute Gasteiger partial charge is 0.261 e. The SMILES string of the molecule is CC(C)N1C(=O)c2ccc(C(=O)N3CCN(C(=O)CCl)CC3)cc2C1=O. The summed E-state index contributed by atoms with van der Waals surface area (Å²) in [5.74, 6) is -1.12. The first-order valence-electron chi connectivity index (χ1n) is 8.50. The Morgan fingerprint density at radius 1 is 1.00 bits per heavy atom. The van der Waals surface area contributed by atoms with Crippen molar-refractivity contribution in [3.05, 3.63) is 34.9 Å². The largest absolute Gasteiger partial charge is 0.338 e. The van der Waals surface area contributed by atoms with Crippen molar-refractivity contribution in [3.8, 4) is 0 Å². The van der Waals surface area contributed by atoms with E-state index < -0.39 is 0 Å². The zero-order valence-corrected chi connectivity index (χ0v) is 15.5. The topological polar surface area (TPSA) is 78.0 Å². The summed E-state index contributed by atoms with van der Waals surface area (Å²) in [6.07, 6.45) is 0. The summed E-state index contributed by atoms with van der Waals surface area (Å²) in [4.78, 5) is 53.6. The predicted molar refractivity (Wildman–Crippen MR) is 95.3 cm³/mol. The average molecular weight is 378 g/mol. The Hall–Kier alpha value is -2.41. The van der Waals surface area contributed by atoms with Crippen molar-refractivity contribution in [2.75, 3.05) is 32.1 Å². The van der Waals surface area contributed by atoms with Crippen LogP contribution in [0.5, 0.6) is 0 Å². The second kappa shape index (κ2) is 7.07. The molecule has 0 bridgehead atoms. The monoisotopic (exact) mass is 377 g/mol. The molecule has 1 aromatic carbocycles. The summed E-state index contributed by atoms with van der Waals surface area (Å²) in [5.41, 5.74) is 0.968. The van der Waals surface area contributed by atoms with E-state index in [4.69, 9.17) is 11.6 Å². The molecule has 0 radical (unpaired) electrons. The molecule has 0 atom stereocenters. The number of benzene rings is 1. The van der Waals surface area contributed by atoms with E-state index in [-0.39, 0.29) is 41.1 Å². The van der Waals surface area contributed by atoms with Crippen LogP contribution in [0.15, 0.2) is 18.2 Å². The number of halogens is 1. The van der Waals surface area contributed by atoms with E-state index >= 15 is 0 Å². The van der Waals surface area contributed by atoms with Crippen LogP contribution in [0.1, 0.15) is 44.9 Å². The van der Waals surface area contributed by atoms with Gasteiger partial charge in [0, 0.05) is 37.8 Å². The van der Waals surface area contributed by atoms with Crippen molar-refractivity contribution >= 4 is 35.2 Å². The Balaban J connectivity index is 1.76. The normalized spacial score (nSPS) is 17.2. The third-order valence-corrected chi connectivity index (χ3v) is 4.94. The lowest BCUT2D eigenvalue weighted by Crippen LogP contribution is -2.51. The molecule has 0 unspecified atom stereocenters. The number of fused-ring (bicyclic) bond motifs is 1.